The molecule has 0 saturated heterocycles. The molecule has 4 heteroatoms. The average Bonchev–Trinajstić information content (AvgIpc) is 2.29. The normalized spacial score (nSPS) is 24.9. The molecular formula is C13H21N3O. The van der Waals surface area contributed by atoms with Crippen molar-refractivity contribution < 1.29 is 4.74 Å². The quantitative estimate of drug-likeness (QED) is 0.803. The molecule has 94 valence electrons. The zero-order valence-electron chi connectivity index (χ0n) is 10.9. The largest absolute Gasteiger partial charge is 0.472 e. The van der Waals surface area contributed by atoms with Crippen LogP contribution in [0.5, 0.6) is 5.88 Å². The standard InChI is InChI=1S/C13H21N3O/c1-10-8-14-9-13(15-10)17-12-7-5-4-6-11(12)16(2)3/h8-9,11-12H,4-7H2,1-3H3. The molecule has 1 aliphatic carbocycles. The fraction of sp³-hybridized carbons (Fsp3) is 0.692. The molecule has 1 aromatic rings. The number of likely N-dealkylation sites (N-methyl/N-ethyl adjacent to an activating group) is 1. The average molecular weight is 235 g/mol. The topological polar surface area (TPSA) is 38.2 Å². The Morgan fingerprint density at radius 3 is 2.71 bits per heavy atom. The van der Waals surface area contributed by atoms with Crippen LogP contribution < -0.4 is 4.74 Å². The van der Waals surface area contributed by atoms with Crippen molar-refractivity contribution in [2.45, 2.75) is 44.8 Å². The van der Waals surface area contributed by atoms with Gasteiger partial charge in [0.25, 0.3) is 0 Å². The molecule has 1 heterocycles. The van der Waals surface area contributed by atoms with Crippen LogP contribution in [0.1, 0.15) is 31.4 Å². The van der Waals surface area contributed by atoms with Gasteiger partial charge in [0.1, 0.15) is 6.10 Å². The first kappa shape index (κ1) is 12.3. The van der Waals surface area contributed by atoms with E-state index in [4.69, 9.17) is 4.74 Å². The second-order valence-electron chi connectivity index (χ2n) is 4.97. The predicted octanol–water partition coefficient (Wildman–Crippen LogP) is 2.04. The SMILES string of the molecule is Cc1cncc(OC2CCCCC2N(C)C)n1. The summed E-state index contributed by atoms with van der Waals surface area (Å²) >= 11 is 0. The third kappa shape index (κ3) is 3.16. The fourth-order valence-corrected chi connectivity index (χ4v) is 2.46. The molecule has 1 saturated carbocycles. The van der Waals surface area contributed by atoms with Gasteiger partial charge in [0.05, 0.1) is 11.9 Å². The minimum Gasteiger partial charge on any atom is -0.472 e. The Labute approximate surface area is 103 Å². The molecule has 1 aliphatic rings. The maximum Gasteiger partial charge on any atom is 0.232 e. The van der Waals surface area contributed by atoms with Crippen LogP contribution in [-0.4, -0.2) is 41.1 Å². The number of hydrogen-bond acceptors (Lipinski definition) is 4. The molecule has 0 aromatic carbocycles. The summed E-state index contributed by atoms with van der Waals surface area (Å²) in [6, 6.07) is 0.492. The Bertz CT molecular complexity index is 367. The van der Waals surface area contributed by atoms with E-state index in [1.165, 1.54) is 19.3 Å². The molecule has 2 atom stereocenters. The van der Waals surface area contributed by atoms with E-state index in [0.29, 0.717) is 11.9 Å². The van der Waals surface area contributed by atoms with Gasteiger partial charge < -0.3 is 9.64 Å². The summed E-state index contributed by atoms with van der Waals surface area (Å²) in [5, 5.41) is 0. The lowest BCUT2D eigenvalue weighted by molar-refractivity contribution is 0.0584. The van der Waals surface area contributed by atoms with Crippen molar-refractivity contribution >= 4 is 0 Å². The summed E-state index contributed by atoms with van der Waals surface area (Å²) < 4.78 is 5.99. The zero-order chi connectivity index (χ0) is 12.3. The highest BCUT2D eigenvalue weighted by Gasteiger charge is 2.28. The third-order valence-corrected chi connectivity index (χ3v) is 3.34. The van der Waals surface area contributed by atoms with Gasteiger partial charge in [0, 0.05) is 12.2 Å². The maximum atomic E-state index is 5.99. The molecule has 4 nitrogen and oxygen atoms in total. The minimum atomic E-state index is 0.245. The molecular weight excluding hydrogens is 214 g/mol. The second kappa shape index (κ2) is 5.45. The van der Waals surface area contributed by atoms with Crippen molar-refractivity contribution in [3.05, 3.63) is 18.1 Å². The fourth-order valence-electron chi connectivity index (χ4n) is 2.46. The highest BCUT2D eigenvalue weighted by molar-refractivity contribution is 5.08. The van der Waals surface area contributed by atoms with Crippen molar-refractivity contribution in [3.8, 4) is 5.88 Å². The van der Waals surface area contributed by atoms with Gasteiger partial charge in [-0.15, -0.1) is 0 Å². The van der Waals surface area contributed by atoms with Crippen molar-refractivity contribution in [2.24, 2.45) is 0 Å². The molecule has 2 unspecified atom stereocenters. The van der Waals surface area contributed by atoms with Crippen LogP contribution in [0.25, 0.3) is 0 Å². The number of aryl methyl sites for hydroxylation is 1. The van der Waals surface area contributed by atoms with Gasteiger partial charge in [0.2, 0.25) is 5.88 Å². The number of ether oxygens (including phenoxy) is 1. The van der Waals surface area contributed by atoms with E-state index in [-0.39, 0.29) is 6.10 Å². The summed E-state index contributed by atoms with van der Waals surface area (Å²) in [6.45, 7) is 1.93. The van der Waals surface area contributed by atoms with E-state index in [1.54, 1.807) is 12.4 Å². The lowest BCUT2D eigenvalue weighted by atomic mass is 9.92. The highest BCUT2D eigenvalue weighted by atomic mass is 16.5. The number of hydrogen-bond donors (Lipinski definition) is 0. The Morgan fingerprint density at radius 2 is 2.00 bits per heavy atom. The van der Waals surface area contributed by atoms with Crippen LogP contribution >= 0.6 is 0 Å². The van der Waals surface area contributed by atoms with Crippen LogP contribution in [0, 0.1) is 6.92 Å². The maximum absolute atomic E-state index is 5.99. The van der Waals surface area contributed by atoms with E-state index in [0.717, 1.165) is 12.1 Å². The summed E-state index contributed by atoms with van der Waals surface area (Å²) in [4.78, 5) is 10.7. The zero-order valence-corrected chi connectivity index (χ0v) is 10.9. The lowest BCUT2D eigenvalue weighted by Gasteiger charge is -2.35. The summed E-state index contributed by atoms with van der Waals surface area (Å²) in [7, 11) is 4.24. The van der Waals surface area contributed by atoms with Crippen molar-refractivity contribution in [3.63, 3.8) is 0 Å². The first-order valence-electron chi connectivity index (χ1n) is 6.28. The van der Waals surface area contributed by atoms with Gasteiger partial charge in [-0.3, -0.25) is 4.98 Å². The van der Waals surface area contributed by atoms with Crippen LogP contribution in [0.2, 0.25) is 0 Å². The summed E-state index contributed by atoms with van der Waals surface area (Å²) in [6.07, 6.45) is 8.55. The monoisotopic (exact) mass is 235 g/mol. The van der Waals surface area contributed by atoms with Crippen molar-refractivity contribution in [1.29, 1.82) is 0 Å². The smallest absolute Gasteiger partial charge is 0.232 e. The molecule has 17 heavy (non-hydrogen) atoms. The molecule has 0 N–H and O–H groups in total. The lowest BCUT2D eigenvalue weighted by Crippen LogP contribution is -2.44. The van der Waals surface area contributed by atoms with E-state index in [2.05, 4.69) is 29.0 Å². The van der Waals surface area contributed by atoms with Gasteiger partial charge in [-0.1, -0.05) is 6.42 Å². The highest BCUT2D eigenvalue weighted by Crippen LogP contribution is 2.25. The van der Waals surface area contributed by atoms with Gasteiger partial charge in [-0.25, -0.2) is 4.98 Å². The van der Waals surface area contributed by atoms with Crippen LogP contribution in [0.4, 0.5) is 0 Å². The Morgan fingerprint density at radius 1 is 1.24 bits per heavy atom. The number of nitrogens with zero attached hydrogens (tertiary/aromatic N) is 3. The van der Waals surface area contributed by atoms with E-state index in [1.807, 2.05) is 6.92 Å². The molecule has 2 rings (SSSR count). The van der Waals surface area contributed by atoms with Crippen molar-refractivity contribution in [2.75, 3.05) is 14.1 Å². The summed E-state index contributed by atoms with van der Waals surface area (Å²) in [5.74, 6) is 0.656. The Kier molecular flexibility index (Phi) is 3.94. The van der Waals surface area contributed by atoms with Crippen LogP contribution in [0.15, 0.2) is 12.4 Å². The van der Waals surface area contributed by atoms with Gasteiger partial charge >= 0.3 is 0 Å². The molecule has 0 spiro atoms. The van der Waals surface area contributed by atoms with E-state index < -0.39 is 0 Å². The number of aromatic nitrogens is 2. The Balaban J connectivity index is 2.05. The third-order valence-electron chi connectivity index (χ3n) is 3.34. The van der Waals surface area contributed by atoms with Crippen molar-refractivity contribution in [1.82, 2.24) is 14.9 Å². The molecule has 0 aliphatic heterocycles. The predicted molar refractivity (Wildman–Crippen MR) is 67.1 cm³/mol. The van der Waals surface area contributed by atoms with Gasteiger partial charge in [-0.2, -0.15) is 0 Å². The molecule has 0 bridgehead atoms. The molecule has 0 amide bonds. The van der Waals surface area contributed by atoms with Crippen LogP contribution in [-0.2, 0) is 0 Å². The second-order valence-corrected chi connectivity index (χ2v) is 4.97. The minimum absolute atomic E-state index is 0.245. The van der Waals surface area contributed by atoms with E-state index in [9.17, 15) is 0 Å². The van der Waals surface area contributed by atoms with Crippen LogP contribution in [0.3, 0.4) is 0 Å². The first-order valence-corrected chi connectivity index (χ1v) is 6.28. The molecule has 1 fully saturated rings. The molecule has 0 radical (unpaired) electrons. The number of rotatable bonds is 3. The Hall–Kier alpha value is -1.16. The van der Waals surface area contributed by atoms with Gasteiger partial charge in [-0.05, 0) is 40.3 Å². The first-order chi connectivity index (χ1) is 8.16. The molecule has 1 aromatic heterocycles. The van der Waals surface area contributed by atoms with Gasteiger partial charge in [0.15, 0.2) is 0 Å². The summed E-state index contributed by atoms with van der Waals surface area (Å²) in [5.41, 5.74) is 0.903. The van der Waals surface area contributed by atoms with E-state index >= 15 is 0 Å².